The first-order valence-electron chi connectivity index (χ1n) is 8.34. The van der Waals surface area contributed by atoms with Crippen molar-refractivity contribution in [1.29, 1.82) is 10.5 Å². The fourth-order valence-electron chi connectivity index (χ4n) is 2.96. The Morgan fingerprint density at radius 3 is 1.89 bits per heavy atom. The molecular weight excluding hydrogens is 354 g/mol. The minimum absolute atomic E-state index is 0.391. The van der Waals surface area contributed by atoms with Gasteiger partial charge in [0.05, 0.1) is 42.4 Å². The van der Waals surface area contributed by atoms with Crippen LogP contribution in [0.5, 0.6) is 0 Å². The quantitative estimate of drug-likeness (QED) is 0.528. The van der Waals surface area contributed by atoms with E-state index in [-0.39, 0.29) is 0 Å². The van der Waals surface area contributed by atoms with Crippen molar-refractivity contribution in [1.82, 2.24) is 13.7 Å². The fourth-order valence-corrected chi connectivity index (χ4v) is 3.52. The maximum atomic E-state index is 8.81. The smallest absolute Gasteiger partial charge is 0.131 e. The van der Waals surface area contributed by atoms with Crippen LogP contribution in [0.4, 0.5) is 0 Å². The van der Waals surface area contributed by atoms with Crippen LogP contribution in [0.3, 0.4) is 0 Å². The zero-order valence-electron chi connectivity index (χ0n) is 14.3. The summed E-state index contributed by atoms with van der Waals surface area (Å²) in [5.74, 6) is 0. The van der Waals surface area contributed by atoms with Gasteiger partial charge >= 0.3 is 0 Å². The normalized spacial score (nSPS) is 10.4. The van der Waals surface area contributed by atoms with Gasteiger partial charge in [-0.3, -0.25) is 4.98 Å². The number of rotatable bonds is 4. The minimum Gasteiger partial charge on any atom is -0.253 e. The molecule has 6 heteroatoms. The van der Waals surface area contributed by atoms with Gasteiger partial charge in [-0.05, 0) is 16.7 Å². The monoisotopic (exact) mass is 367 g/mol. The number of benzene rings is 2. The number of hydrogen-bond acceptors (Lipinski definition) is 6. The molecule has 2 aromatic heterocycles. The molecule has 0 aliphatic carbocycles. The zero-order chi connectivity index (χ0) is 18.6. The van der Waals surface area contributed by atoms with Gasteiger partial charge in [0, 0.05) is 17.3 Å². The van der Waals surface area contributed by atoms with Crippen molar-refractivity contribution in [3.8, 4) is 34.5 Å². The summed E-state index contributed by atoms with van der Waals surface area (Å²) in [6.07, 6.45) is 2.61. The number of fused-ring (bicyclic) bond motifs is 1. The van der Waals surface area contributed by atoms with Gasteiger partial charge < -0.3 is 0 Å². The molecule has 0 saturated heterocycles. The highest BCUT2D eigenvalue weighted by atomic mass is 32.1. The molecule has 5 nitrogen and oxygen atoms in total. The largest absolute Gasteiger partial charge is 0.253 e. The third-order valence-corrected chi connectivity index (χ3v) is 4.88. The van der Waals surface area contributed by atoms with E-state index in [1.165, 1.54) is 11.7 Å². The van der Waals surface area contributed by atoms with Crippen molar-refractivity contribution in [2.24, 2.45) is 0 Å². The number of hydrogen-bond donors (Lipinski definition) is 0. The highest BCUT2D eigenvalue weighted by Crippen LogP contribution is 2.32. The molecule has 4 aromatic rings. The van der Waals surface area contributed by atoms with Crippen molar-refractivity contribution < 1.29 is 0 Å². The molecule has 0 unspecified atom stereocenters. The predicted molar refractivity (Wildman–Crippen MR) is 105 cm³/mol. The summed E-state index contributed by atoms with van der Waals surface area (Å²) in [6.45, 7) is 0. The highest BCUT2D eigenvalue weighted by molar-refractivity contribution is 7.00. The van der Waals surface area contributed by atoms with Crippen molar-refractivity contribution in [2.45, 2.75) is 12.8 Å². The second-order valence-corrected chi connectivity index (χ2v) is 6.57. The summed E-state index contributed by atoms with van der Waals surface area (Å²) in [5.41, 5.74) is 7.20. The van der Waals surface area contributed by atoms with Gasteiger partial charge in [-0.2, -0.15) is 19.3 Å². The highest BCUT2D eigenvalue weighted by Gasteiger charge is 2.14. The van der Waals surface area contributed by atoms with Gasteiger partial charge in [-0.15, -0.1) is 0 Å². The first kappa shape index (κ1) is 16.8. The minimum atomic E-state index is 0.391. The lowest BCUT2D eigenvalue weighted by molar-refractivity contribution is 1.26. The Bertz CT molecular complexity index is 1090. The molecule has 0 bridgehead atoms. The van der Waals surface area contributed by atoms with Crippen LogP contribution in [0.1, 0.15) is 11.1 Å². The summed E-state index contributed by atoms with van der Waals surface area (Å²) in [6, 6.07) is 20.0. The van der Waals surface area contributed by atoms with Crippen molar-refractivity contribution in [3.63, 3.8) is 0 Å². The number of aromatic nitrogens is 3. The van der Waals surface area contributed by atoms with Gasteiger partial charge in [-0.25, -0.2) is 0 Å². The average Bonchev–Trinajstić information content (AvgIpc) is 3.19. The van der Waals surface area contributed by atoms with E-state index in [1.807, 2.05) is 54.7 Å². The van der Waals surface area contributed by atoms with Crippen LogP contribution in [-0.2, 0) is 12.8 Å². The summed E-state index contributed by atoms with van der Waals surface area (Å²) >= 11 is 1.17. The summed E-state index contributed by atoms with van der Waals surface area (Å²) in [4.78, 5) is 4.65. The van der Waals surface area contributed by atoms with Crippen LogP contribution < -0.4 is 0 Å². The molecule has 0 aliphatic heterocycles. The average molecular weight is 367 g/mol. The molecule has 0 amide bonds. The van der Waals surface area contributed by atoms with Gasteiger partial charge in [0.2, 0.25) is 0 Å². The molecule has 27 heavy (non-hydrogen) atoms. The van der Waals surface area contributed by atoms with Gasteiger partial charge in [0.15, 0.2) is 0 Å². The Hall–Kier alpha value is -3.61. The Morgan fingerprint density at radius 1 is 0.741 bits per heavy atom. The Morgan fingerprint density at radius 2 is 1.30 bits per heavy atom. The van der Waals surface area contributed by atoms with Crippen LogP contribution in [0.25, 0.3) is 33.4 Å². The molecule has 4 rings (SSSR count). The topological polar surface area (TPSA) is 86.2 Å². The second-order valence-electron chi connectivity index (χ2n) is 6.05. The van der Waals surface area contributed by atoms with Crippen molar-refractivity contribution in [3.05, 3.63) is 65.9 Å². The lowest BCUT2D eigenvalue weighted by Gasteiger charge is -2.07. The maximum Gasteiger partial charge on any atom is 0.131 e. The lowest BCUT2D eigenvalue weighted by Crippen LogP contribution is -1.91. The zero-order valence-corrected chi connectivity index (χ0v) is 15.1. The third kappa shape index (κ3) is 3.27. The van der Waals surface area contributed by atoms with Crippen LogP contribution in [0.15, 0.2) is 54.7 Å². The number of nitriles is 2. The SMILES string of the molecule is N#CCc1ccc(-c2cnc(-c3ccc(CC#N)cc3)c3nsnc23)cc1. The van der Waals surface area contributed by atoms with E-state index in [9.17, 15) is 0 Å². The Labute approximate surface area is 160 Å². The maximum absolute atomic E-state index is 8.81. The molecule has 0 aliphatic rings. The number of pyridine rings is 1. The molecule has 2 heterocycles. The van der Waals surface area contributed by atoms with E-state index in [4.69, 9.17) is 10.5 Å². The van der Waals surface area contributed by atoms with Crippen molar-refractivity contribution >= 4 is 22.8 Å². The standard InChI is InChI=1S/C21H13N5S/c22-11-9-14-1-5-16(6-2-14)18-13-24-19(21-20(18)25-27-26-21)17-7-3-15(4-8-17)10-12-23/h1-8,13H,9-10H2. The molecule has 128 valence electrons. The molecule has 0 saturated carbocycles. The molecule has 0 atom stereocenters. The van der Waals surface area contributed by atoms with E-state index in [0.29, 0.717) is 12.8 Å². The predicted octanol–water partition coefficient (Wildman–Crippen LogP) is 4.55. The third-order valence-electron chi connectivity index (χ3n) is 4.35. The van der Waals surface area contributed by atoms with Crippen LogP contribution in [0, 0.1) is 22.7 Å². The summed E-state index contributed by atoms with van der Waals surface area (Å²) in [7, 11) is 0. The lowest BCUT2D eigenvalue weighted by atomic mass is 10.0. The Balaban J connectivity index is 1.76. The van der Waals surface area contributed by atoms with E-state index in [1.54, 1.807) is 0 Å². The molecule has 0 N–H and O–H groups in total. The first-order valence-corrected chi connectivity index (χ1v) is 9.07. The van der Waals surface area contributed by atoms with E-state index >= 15 is 0 Å². The van der Waals surface area contributed by atoms with Gasteiger partial charge in [0.1, 0.15) is 11.0 Å². The van der Waals surface area contributed by atoms with E-state index in [0.717, 1.165) is 44.5 Å². The first-order chi connectivity index (χ1) is 13.3. The second kappa shape index (κ2) is 7.33. The molecule has 2 aromatic carbocycles. The van der Waals surface area contributed by atoms with Crippen LogP contribution >= 0.6 is 11.7 Å². The van der Waals surface area contributed by atoms with Crippen LogP contribution in [0.2, 0.25) is 0 Å². The van der Waals surface area contributed by atoms with Crippen molar-refractivity contribution in [2.75, 3.05) is 0 Å². The van der Waals surface area contributed by atoms with Gasteiger partial charge in [-0.1, -0.05) is 48.5 Å². The molecule has 0 radical (unpaired) electrons. The van der Waals surface area contributed by atoms with Crippen LogP contribution in [-0.4, -0.2) is 13.7 Å². The fraction of sp³-hybridized carbons (Fsp3) is 0.0952. The Kier molecular flexibility index (Phi) is 4.57. The van der Waals surface area contributed by atoms with E-state index in [2.05, 4.69) is 25.9 Å². The van der Waals surface area contributed by atoms with E-state index < -0.39 is 0 Å². The summed E-state index contributed by atoms with van der Waals surface area (Å²) < 4.78 is 8.94. The molecule has 0 fully saturated rings. The number of nitrogens with zero attached hydrogens (tertiary/aromatic N) is 5. The summed E-state index contributed by atoms with van der Waals surface area (Å²) in [5, 5.41) is 17.6. The molecule has 0 spiro atoms. The van der Waals surface area contributed by atoms with Gasteiger partial charge in [0.25, 0.3) is 0 Å². The molecular formula is C21H13N5S.